The van der Waals surface area contributed by atoms with Crippen molar-refractivity contribution >= 4 is 11.8 Å². The monoisotopic (exact) mass is 250 g/mol. The van der Waals surface area contributed by atoms with Gasteiger partial charge in [0.15, 0.2) is 0 Å². The van der Waals surface area contributed by atoms with Crippen molar-refractivity contribution in [2.24, 2.45) is 0 Å². The van der Waals surface area contributed by atoms with E-state index >= 15 is 0 Å². The Balaban J connectivity index is 2.33. The van der Waals surface area contributed by atoms with Crippen LogP contribution in [-0.4, -0.2) is 35.6 Å². The Kier molecular flexibility index (Phi) is 4.85. The van der Waals surface area contributed by atoms with E-state index in [9.17, 15) is 14.7 Å². The molecule has 0 saturated carbocycles. The molecule has 0 bridgehead atoms. The molecule has 0 unspecified atom stereocenters. The summed E-state index contributed by atoms with van der Waals surface area (Å²) in [6.07, 6.45) is 0. The molecule has 0 fully saturated rings. The normalized spacial score (nSPS) is 10.8. The van der Waals surface area contributed by atoms with Crippen molar-refractivity contribution in [3.05, 3.63) is 35.9 Å². The number of hydrogen-bond donors (Lipinski definition) is 3. The summed E-state index contributed by atoms with van der Waals surface area (Å²) in [4.78, 5) is 23.0. The second-order valence-corrected chi connectivity index (χ2v) is 4.64. The van der Waals surface area contributed by atoms with Gasteiger partial charge in [-0.05, 0) is 26.0 Å². The lowest BCUT2D eigenvalue weighted by Gasteiger charge is -2.17. The molecular formula is C13H18N2O3. The van der Waals surface area contributed by atoms with Gasteiger partial charge in [-0.3, -0.25) is 9.59 Å². The number of carbonyl (C=O) groups excluding carboxylic acids is 2. The van der Waals surface area contributed by atoms with Gasteiger partial charge in [0, 0.05) is 12.1 Å². The lowest BCUT2D eigenvalue weighted by molar-refractivity contribution is -0.121. The van der Waals surface area contributed by atoms with Gasteiger partial charge in [-0.1, -0.05) is 18.2 Å². The molecule has 1 aromatic rings. The van der Waals surface area contributed by atoms with Gasteiger partial charge >= 0.3 is 0 Å². The fourth-order valence-corrected chi connectivity index (χ4v) is 1.23. The molecule has 2 amide bonds. The summed E-state index contributed by atoms with van der Waals surface area (Å²) in [6.45, 7) is 3.22. The Morgan fingerprint density at radius 3 is 2.33 bits per heavy atom. The SMILES string of the molecule is CC(C)(O)CNC(=O)CNC(=O)c1ccccc1. The molecule has 0 heterocycles. The molecule has 1 aromatic carbocycles. The second kappa shape index (κ2) is 6.16. The van der Waals surface area contributed by atoms with E-state index in [0.717, 1.165) is 0 Å². The van der Waals surface area contributed by atoms with Gasteiger partial charge in [0.05, 0.1) is 12.1 Å². The molecule has 0 aliphatic rings. The number of nitrogens with one attached hydrogen (secondary N) is 2. The Bertz CT molecular complexity index is 410. The zero-order chi connectivity index (χ0) is 13.6. The third-order valence-corrected chi connectivity index (χ3v) is 2.16. The highest BCUT2D eigenvalue weighted by atomic mass is 16.3. The van der Waals surface area contributed by atoms with E-state index in [4.69, 9.17) is 0 Å². The molecule has 0 spiro atoms. The molecule has 98 valence electrons. The minimum absolute atomic E-state index is 0.107. The van der Waals surface area contributed by atoms with E-state index in [1.807, 2.05) is 6.07 Å². The topological polar surface area (TPSA) is 78.4 Å². The van der Waals surface area contributed by atoms with Crippen LogP contribution in [0.1, 0.15) is 24.2 Å². The number of hydrogen-bond acceptors (Lipinski definition) is 3. The fourth-order valence-electron chi connectivity index (χ4n) is 1.23. The van der Waals surface area contributed by atoms with Crippen molar-refractivity contribution in [3.8, 4) is 0 Å². The summed E-state index contributed by atoms with van der Waals surface area (Å²) >= 11 is 0. The molecule has 5 nitrogen and oxygen atoms in total. The second-order valence-electron chi connectivity index (χ2n) is 4.64. The molecule has 18 heavy (non-hydrogen) atoms. The van der Waals surface area contributed by atoms with Crippen LogP contribution in [0.3, 0.4) is 0 Å². The minimum atomic E-state index is -0.959. The van der Waals surface area contributed by atoms with Crippen LogP contribution in [0.5, 0.6) is 0 Å². The van der Waals surface area contributed by atoms with Crippen LogP contribution in [-0.2, 0) is 4.79 Å². The summed E-state index contributed by atoms with van der Waals surface area (Å²) < 4.78 is 0. The van der Waals surface area contributed by atoms with Crippen LogP contribution in [0, 0.1) is 0 Å². The molecule has 3 N–H and O–H groups in total. The highest BCUT2D eigenvalue weighted by Crippen LogP contribution is 1.98. The van der Waals surface area contributed by atoms with E-state index in [0.29, 0.717) is 5.56 Å². The predicted octanol–water partition coefficient (Wildman–Crippen LogP) is 0.303. The standard InChI is InChI=1S/C13H18N2O3/c1-13(2,18)9-15-11(16)8-14-12(17)10-6-4-3-5-7-10/h3-7,18H,8-9H2,1-2H3,(H,14,17)(H,15,16). The van der Waals surface area contributed by atoms with Crippen molar-refractivity contribution in [3.63, 3.8) is 0 Å². The Morgan fingerprint density at radius 1 is 1.17 bits per heavy atom. The fraction of sp³-hybridized carbons (Fsp3) is 0.385. The minimum Gasteiger partial charge on any atom is -0.389 e. The zero-order valence-corrected chi connectivity index (χ0v) is 10.6. The Morgan fingerprint density at radius 2 is 1.78 bits per heavy atom. The van der Waals surface area contributed by atoms with E-state index < -0.39 is 5.60 Å². The third-order valence-electron chi connectivity index (χ3n) is 2.16. The zero-order valence-electron chi connectivity index (χ0n) is 10.6. The number of amides is 2. The molecule has 0 atom stereocenters. The number of benzene rings is 1. The molecule has 0 aliphatic heterocycles. The summed E-state index contributed by atoms with van der Waals surface area (Å²) in [7, 11) is 0. The molecule has 0 saturated heterocycles. The summed E-state index contributed by atoms with van der Waals surface area (Å²) in [5.41, 5.74) is -0.452. The molecular weight excluding hydrogens is 232 g/mol. The number of carbonyl (C=O) groups is 2. The molecule has 0 aromatic heterocycles. The van der Waals surface area contributed by atoms with Crippen LogP contribution < -0.4 is 10.6 Å². The van der Waals surface area contributed by atoms with Crippen LogP contribution in [0.25, 0.3) is 0 Å². The summed E-state index contributed by atoms with van der Waals surface area (Å²) in [6, 6.07) is 8.66. The predicted molar refractivity (Wildman–Crippen MR) is 68.1 cm³/mol. The van der Waals surface area contributed by atoms with Crippen LogP contribution >= 0.6 is 0 Å². The van der Waals surface area contributed by atoms with Crippen molar-refractivity contribution in [1.82, 2.24) is 10.6 Å². The molecule has 5 heteroatoms. The maximum atomic E-state index is 11.6. The number of rotatable bonds is 5. The van der Waals surface area contributed by atoms with Gasteiger partial charge in [-0.2, -0.15) is 0 Å². The molecule has 1 rings (SSSR count). The van der Waals surface area contributed by atoms with Crippen molar-refractivity contribution in [2.75, 3.05) is 13.1 Å². The average Bonchev–Trinajstić information content (AvgIpc) is 2.33. The maximum Gasteiger partial charge on any atom is 0.251 e. The Hall–Kier alpha value is -1.88. The van der Waals surface area contributed by atoms with Gasteiger partial charge in [0.2, 0.25) is 5.91 Å². The lowest BCUT2D eigenvalue weighted by atomic mass is 10.1. The largest absolute Gasteiger partial charge is 0.389 e. The van der Waals surface area contributed by atoms with E-state index in [1.165, 1.54) is 0 Å². The van der Waals surface area contributed by atoms with E-state index in [-0.39, 0.29) is 24.9 Å². The van der Waals surface area contributed by atoms with Crippen LogP contribution in [0.4, 0.5) is 0 Å². The van der Waals surface area contributed by atoms with Crippen LogP contribution in [0.2, 0.25) is 0 Å². The van der Waals surface area contributed by atoms with Crippen LogP contribution in [0.15, 0.2) is 30.3 Å². The van der Waals surface area contributed by atoms with E-state index in [2.05, 4.69) is 10.6 Å². The summed E-state index contributed by atoms with van der Waals surface area (Å²) in [5.74, 6) is -0.629. The van der Waals surface area contributed by atoms with Gasteiger partial charge in [-0.25, -0.2) is 0 Å². The van der Waals surface area contributed by atoms with Crippen molar-refractivity contribution in [2.45, 2.75) is 19.4 Å². The van der Waals surface area contributed by atoms with Gasteiger partial charge < -0.3 is 15.7 Å². The first-order chi connectivity index (χ1) is 8.38. The van der Waals surface area contributed by atoms with E-state index in [1.54, 1.807) is 38.1 Å². The molecule has 0 radical (unpaired) electrons. The summed E-state index contributed by atoms with van der Waals surface area (Å²) in [5, 5.41) is 14.4. The first kappa shape index (κ1) is 14.2. The maximum absolute atomic E-state index is 11.6. The Labute approximate surface area is 106 Å². The van der Waals surface area contributed by atoms with Crippen molar-refractivity contribution < 1.29 is 14.7 Å². The van der Waals surface area contributed by atoms with Gasteiger partial charge in [0.1, 0.15) is 0 Å². The highest BCUT2D eigenvalue weighted by molar-refractivity contribution is 5.96. The van der Waals surface area contributed by atoms with Gasteiger partial charge in [0.25, 0.3) is 5.91 Å². The highest BCUT2D eigenvalue weighted by Gasteiger charge is 2.14. The average molecular weight is 250 g/mol. The van der Waals surface area contributed by atoms with Gasteiger partial charge in [-0.15, -0.1) is 0 Å². The first-order valence-electron chi connectivity index (χ1n) is 5.71. The smallest absolute Gasteiger partial charge is 0.251 e. The lowest BCUT2D eigenvalue weighted by Crippen LogP contribution is -2.43. The first-order valence-corrected chi connectivity index (χ1v) is 5.71. The molecule has 0 aliphatic carbocycles. The quantitative estimate of drug-likeness (QED) is 0.703. The third kappa shape index (κ3) is 5.45. The van der Waals surface area contributed by atoms with Crippen molar-refractivity contribution in [1.29, 1.82) is 0 Å². The number of aliphatic hydroxyl groups is 1.